The minimum absolute atomic E-state index is 0.0522. The van der Waals surface area contributed by atoms with E-state index in [9.17, 15) is 4.79 Å². The molecular weight excluding hydrogens is 260 g/mol. The topological polar surface area (TPSA) is 59.0 Å². The molecule has 2 N–H and O–H groups in total. The van der Waals surface area contributed by atoms with Crippen LogP contribution < -0.4 is 10.6 Å². The van der Waals surface area contributed by atoms with Gasteiger partial charge in [-0.2, -0.15) is 0 Å². The van der Waals surface area contributed by atoms with Crippen LogP contribution >= 0.6 is 11.8 Å². The SMILES string of the molecule is Cn1cnc2cc(CNC(=O)C3CSCN3)ccc21. The maximum Gasteiger partial charge on any atom is 0.238 e. The number of benzene rings is 1. The Morgan fingerprint density at radius 2 is 2.53 bits per heavy atom. The van der Waals surface area contributed by atoms with E-state index in [2.05, 4.69) is 15.6 Å². The molecule has 1 aromatic heterocycles. The Labute approximate surface area is 115 Å². The molecule has 100 valence electrons. The summed E-state index contributed by atoms with van der Waals surface area (Å²) < 4.78 is 1.98. The Morgan fingerprint density at radius 3 is 3.32 bits per heavy atom. The molecule has 5 nitrogen and oxygen atoms in total. The van der Waals surface area contributed by atoms with Crippen molar-refractivity contribution in [2.75, 3.05) is 11.6 Å². The minimum Gasteiger partial charge on any atom is -0.351 e. The Balaban J connectivity index is 1.66. The highest BCUT2D eigenvalue weighted by molar-refractivity contribution is 7.99. The molecule has 0 radical (unpaired) electrons. The van der Waals surface area contributed by atoms with E-state index in [0.29, 0.717) is 6.54 Å². The van der Waals surface area contributed by atoms with Gasteiger partial charge in [-0.05, 0) is 17.7 Å². The number of nitrogens with one attached hydrogen (secondary N) is 2. The molecular formula is C13H16N4OS. The van der Waals surface area contributed by atoms with Crippen molar-refractivity contribution in [2.24, 2.45) is 7.05 Å². The van der Waals surface area contributed by atoms with Gasteiger partial charge in [0.1, 0.15) is 0 Å². The van der Waals surface area contributed by atoms with Crippen molar-refractivity contribution in [2.45, 2.75) is 12.6 Å². The summed E-state index contributed by atoms with van der Waals surface area (Å²) in [7, 11) is 1.97. The lowest BCUT2D eigenvalue weighted by Crippen LogP contribution is -2.41. The molecule has 0 aliphatic carbocycles. The highest BCUT2D eigenvalue weighted by Crippen LogP contribution is 2.14. The third kappa shape index (κ3) is 2.59. The fourth-order valence-corrected chi connectivity index (χ4v) is 3.11. The third-order valence-electron chi connectivity index (χ3n) is 3.29. The summed E-state index contributed by atoms with van der Waals surface area (Å²) in [6, 6.07) is 6.03. The maximum atomic E-state index is 11.9. The van der Waals surface area contributed by atoms with E-state index in [-0.39, 0.29) is 11.9 Å². The van der Waals surface area contributed by atoms with Gasteiger partial charge in [0.15, 0.2) is 0 Å². The van der Waals surface area contributed by atoms with Gasteiger partial charge in [-0.3, -0.25) is 10.1 Å². The number of aromatic nitrogens is 2. The highest BCUT2D eigenvalue weighted by atomic mass is 32.2. The van der Waals surface area contributed by atoms with Crippen LogP contribution in [0.3, 0.4) is 0 Å². The normalized spacial score (nSPS) is 18.9. The Hall–Kier alpha value is -1.53. The molecule has 0 bridgehead atoms. The monoisotopic (exact) mass is 276 g/mol. The third-order valence-corrected chi connectivity index (χ3v) is 4.23. The molecule has 2 aromatic rings. The van der Waals surface area contributed by atoms with Gasteiger partial charge < -0.3 is 9.88 Å². The van der Waals surface area contributed by atoms with Crippen molar-refractivity contribution in [3.8, 4) is 0 Å². The zero-order chi connectivity index (χ0) is 13.2. The van der Waals surface area contributed by atoms with Gasteiger partial charge in [0.2, 0.25) is 5.91 Å². The van der Waals surface area contributed by atoms with Gasteiger partial charge in [-0.15, -0.1) is 11.8 Å². The number of hydrogen-bond acceptors (Lipinski definition) is 4. The molecule has 0 spiro atoms. The van der Waals surface area contributed by atoms with Crippen molar-refractivity contribution < 1.29 is 4.79 Å². The number of amides is 1. The second-order valence-corrected chi connectivity index (χ2v) is 5.70. The van der Waals surface area contributed by atoms with E-state index in [0.717, 1.165) is 28.2 Å². The number of aryl methyl sites for hydroxylation is 1. The molecule has 1 unspecified atom stereocenters. The van der Waals surface area contributed by atoms with Crippen LogP contribution in [-0.2, 0) is 18.4 Å². The summed E-state index contributed by atoms with van der Waals surface area (Å²) in [5.41, 5.74) is 3.14. The van der Waals surface area contributed by atoms with Crippen LogP contribution in [0.25, 0.3) is 11.0 Å². The lowest BCUT2D eigenvalue weighted by molar-refractivity contribution is -0.122. The first-order valence-electron chi connectivity index (χ1n) is 6.23. The predicted octanol–water partition coefficient (Wildman–Crippen LogP) is 0.852. The molecule has 19 heavy (non-hydrogen) atoms. The van der Waals surface area contributed by atoms with Gasteiger partial charge >= 0.3 is 0 Å². The molecule has 1 aliphatic heterocycles. The van der Waals surface area contributed by atoms with Gasteiger partial charge in [0.25, 0.3) is 0 Å². The van der Waals surface area contributed by atoms with Crippen molar-refractivity contribution in [1.82, 2.24) is 20.2 Å². The molecule has 1 aliphatic rings. The largest absolute Gasteiger partial charge is 0.351 e. The first-order chi connectivity index (χ1) is 9.24. The van der Waals surface area contributed by atoms with Crippen molar-refractivity contribution in [3.05, 3.63) is 30.1 Å². The molecule has 1 amide bonds. The number of rotatable bonds is 3. The van der Waals surface area contributed by atoms with Gasteiger partial charge in [0.05, 0.1) is 23.4 Å². The number of carbonyl (C=O) groups is 1. The number of fused-ring (bicyclic) bond motifs is 1. The standard InChI is InChI=1S/C13H16N4OS/c1-17-7-15-10-4-9(2-3-12(10)17)5-14-13(18)11-6-19-8-16-11/h2-4,7,11,16H,5-6,8H2,1H3,(H,14,18). The van der Waals surface area contributed by atoms with Gasteiger partial charge in [-0.1, -0.05) is 6.07 Å². The van der Waals surface area contributed by atoms with Crippen LogP contribution in [0.15, 0.2) is 24.5 Å². The molecule has 2 heterocycles. The summed E-state index contributed by atoms with van der Waals surface area (Å²) in [6.45, 7) is 0.550. The molecule has 6 heteroatoms. The van der Waals surface area contributed by atoms with Crippen LogP contribution in [0.5, 0.6) is 0 Å². The summed E-state index contributed by atoms with van der Waals surface area (Å²) in [5, 5.41) is 6.12. The average Bonchev–Trinajstić information content (AvgIpc) is 3.06. The van der Waals surface area contributed by atoms with Crippen LogP contribution in [0.1, 0.15) is 5.56 Å². The Kier molecular flexibility index (Phi) is 3.44. The fourth-order valence-electron chi connectivity index (χ4n) is 2.17. The van der Waals surface area contributed by atoms with E-state index >= 15 is 0 Å². The Morgan fingerprint density at radius 1 is 1.63 bits per heavy atom. The zero-order valence-electron chi connectivity index (χ0n) is 10.7. The smallest absolute Gasteiger partial charge is 0.238 e. The van der Waals surface area contributed by atoms with Crippen LogP contribution in [-0.4, -0.2) is 33.1 Å². The number of imidazole rings is 1. The van der Waals surface area contributed by atoms with Crippen molar-refractivity contribution >= 4 is 28.7 Å². The average molecular weight is 276 g/mol. The molecule has 1 atom stereocenters. The lowest BCUT2D eigenvalue weighted by Gasteiger charge is -2.10. The van der Waals surface area contributed by atoms with Gasteiger partial charge in [-0.25, -0.2) is 4.98 Å². The first-order valence-corrected chi connectivity index (χ1v) is 7.38. The number of carbonyl (C=O) groups excluding carboxylic acids is 1. The molecule has 3 rings (SSSR count). The van der Waals surface area contributed by atoms with E-state index in [1.165, 1.54) is 0 Å². The lowest BCUT2D eigenvalue weighted by atomic mass is 10.2. The number of hydrogen-bond donors (Lipinski definition) is 2. The quantitative estimate of drug-likeness (QED) is 0.872. The first kappa shape index (κ1) is 12.5. The van der Waals surface area contributed by atoms with E-state index in [4.69, 9.17) is 0 Å². The van der Waals surface area contributed by atoms with Crippen molar-refractivity contribution in [1.29, 1.82) is 0 Å². The van der Waals surface area contributed by atoms with Crippen LogP contribution in [0.4, 0.5) is 0 Å². The summed E-state index contributed by atoms with van der Waals surface area (Å²) in [5.74, 6) is 1.79. The highest BCUT2D eigenvalue weighted by Gasteiger charge is 2.21. The summed E-state index contributed by atoms with van der Waals surface area (Å²) in [4.78, 5) is 16.2. The number of thioether (sulfide) groups is 1. The minimum atomic E-state index is -0.0522. The maximum absolute atomic E-state index is 11.9. The Bertz CT molecular complexity index is 604. The van der Waals surface area contributed by atoms with Gasteiger partial charge in [0, 0.05) is 25.2 Å². The molecule has 0 saturated carbocycles. The fraction of sp³-hybridized carbons (Fsp3) is 0.385. The second-order valence-electron chi connectivity index (χ2n) is 4.67. The van der Waals surface area contributed by atoms with Crippen LogP contribution in [0, 0.1) is 0 Å². The van der Waals surface area contributed by atoms with E-state index in [1.54, 1.807) is 18.1 Å². The molecule has 1 fully saturated rings. The molecule has 1 aromatic carbocycles. The zero-order valence-corrected chi connectivity index (χ0v) is 11.5. The summed E-state index contributed by atoms with van der Waals surface area (Å²) >= 11 is 1.75. The van der Waals surface area contributed by atoms with Crippen LogP contribution in [0.2, 0.25) is 0 Å². The molecule has 1 saturated heterocycles. The number of nitrogens with zero attached hydrogens (tertiary/aromatic N) is 2. The van der Waals surface area contributed by atoms with Crippen molar-refractivity contribution in [3.63, 3.8) is 0 Å². The van der Waals surface area contributed by atoms with E-state index < -0.39 is 0 Å². The predicted molar refractivity (Wildman–Crippen MR) is 76.8 cm³/mol. The summed E-state index contributed by atoms with van der Waals surface area (Å²) in [6.07, 6.45) is 1.80. The van der Waals surface area contributed by atoms with E-state index in [1.807, 2.05) is 29.8 Å². The second kappa shape index (κ2) is 5.22.